The lowest BCUT2D eigenvalue weighted by atomic mass is 10.2. The molecular formula is C17H21N5. The Morgan fingerprint density at radius 1 is 0.682 bits per heavy atom. The van der Waals surface area contributed by atoms with E-state index >= 15 is 0 Å². The molecule has 0 radical (unpaired) electrons. The van der Waals surface area contributed by atoms with Crippen LogP contribution in [-0.2, 0) is 14.1 Å². The molecule has 0 unspecified atom stereocenters. The summed E-state index contributed by atoms with van der Waals surface area (Å²) in [5.74, 6) is 1.78. The SMILES string of the molecule is Cc1nc(-c2cccc(-c3nc(C)c(C)n3C)n2)n(C)c1C. The molecule has 3 aromatic rings. The minimum Gasteiger partial charge on any atom is -0.330 e. The summed E-state index contributed by atoms with van der Waals surface area (Å²) in [7, 11) is 4.04. The van der Waals surface area contributed by atoms with E-state index in [1.165, 1.54) is 0 Å². The Morgan fingerprint density at radius 2 is 1.09 bits per heavy atom. The third-order valence-corrected chi connectivity index (χ3v) is 4.44. The van der Waals surface area contributed by atoms with Crippen molar-refractivity contribution in [3.8, 4) is 23.0 Å². The monoisotopic (exact) mass is 295 g/mol. The van der Waals surface area contributed by atoms with Gasteiger partial charge >= 0.3 is 0 Å². The molecule has 0 saturated carbocycles. The van der Waals surface area contributed by atoms with E-state index in [2.05, 4.69) is 32.9 Å². The molecule has 0 spiro atoms. The van der Waals surface area contributed by atoms with Crippen molar-refractivity contribution in [2.45, 2.75) is 27.7 Å². The zero-order chi connectivity index (χ0) is 16.0. The average Bonchev–Trinajstić information content (AvgIpc) is 2.92. The van der Waals surface area contributed by atoms with E-state index in [-0.39, 0.29) is 0 Å². The minimum atomic E-state index is 0.870. The standard InChI is InChI=1S/C17H21N5/c1-10-12(3)21(5)16(18-10)14-8-7-9-15(20-14)17-19-11(2)13(4)22(17)6/h7-9H,1-6H3. The van der Waals surface area contributed by atoms with Crippen LogP contribution in [0.3, 0.4) is 0 Å². The predicted molar refractivity (Wildman–Crippen MR) is 87.6 cm³/mol. The van der Waals surface area contributed by atoms with E-state index in [0.29, 0.717) is 0 Å². The summed E-state index contributed by atoms with van der Waals surface area (Å²) in [5, 5.41) is 0. The van der Waals surface area contributed by atoms with E-state index in [9.17, 15) is 0 Å². The number of aromatic nitrogens is 5. The van der Waals surface area contributed by atoms with Gasteiger partial charge in [-0.1, -0.05) is 6.07 Å². The third-order valence-electron chi connectivity index (χ3n) is 4.44. The zero-order valence-corrected chi connectivity index (χ0v) is 14.0. The van der Waals surface area contributed by atoms with Crippen LogP contribution in [0.15, 0.2) is 18.2 Å². The Hall–Kier alpha value is -2.43. The molecule has 114 valence electrons. The number of rotatable bonds is 2. The van der Waals surface area contributed by atoms with Gasteiger partial charge in [-0.2, -0.15) is 0 Å². The Bertz CT molecular complexity index is 787. The first-order valence-electron chi connectivity index (χ1n) is 7.37. The topological polar surface area (TPSA) is 48.5 Å². The fourth-order valence-corrected chi connectivity index (χ4v) is 2.57. The molecule has 3 heterocycles. The van der Waals surface area contributed by atoms with Gasteiger partial charge in [0.25, 0.3) is 0 Å². The van der Waals surface area contributed by atoms with Gasteiger partial charge in [0, 0.05) is 25.5 Å². The van der Waals surface area contributed by atoms with Gasteiger partial charge < -0.3 is 9.13 Å². The van der Waals surface area contributed by atoms with Crippen molar-refractivity contribution in [1.29, 1.82) is 0 Å². The van der Waals surface area contributed by atoms with Gasteiger partial charge in [-0.25, -0.2) is 15.0 Å². The molecule has 0 atom stereocenters. The van der Waals surface area contributed by atoms with Gasteiger partial charge in [0.15, 0.2) is 11.6 Å². The van der Waals surface area contributed by atoms with Crippen molar-refractivity contribution >= 4 is 0 Å². The smallest absolute Gasteiger partial charge is 0.158 e. The number of hydrogen-bond acceptors (Lipinski definition) is 3. The Balaban J connectivity index is 2.14. The molecule has 0 fully saturated rings. The Morgan fingerprint density at radius 3 is 1.41 bits per heavy atom. The molecule has 0 aliphatic heterocycles. The fraction of sp³-hybridized carbons (Fsp3) is 0.353. The molecule has 22 heavy (non-hydrogen) atoms. The summed E-state index contributed by atoms with van der Waals surface area (Å²) in [6.07, 6.45) is 0. The molecule has 0 N–H and O–H groups in total. The fourth-order valence-electron chi connectivity index (χ4n) is 2.57. The van der Waals surface area contributed by atoms with E-state index in [0.717, 1.165) is 45.8 Å². The van der Waals surface area contributed by atoms with Crippen molar-refractivity contribution in [2.75, 3.05) is 0 Å². The molecule has 0 aliphatic rings. The number of pyridine rings is 1. The second kappa shape index (κ2) is 5.09. The number of nitrogens with zero attached hydrogens (tertiary/aromatic N) is 5. The lowest BCUT2D eigenvalue weighted by molar-refractivity contribution is 0.868. The lowest BCUT2D eigenvalue weighted by Crippen LogP contribution is -2.00. The van der Waals surface area contributed by atoms with Crippen molar-refractivity contribution in [3.63, 3.8) is 0 Å². The van der Waals surface area contributed by atoms with Gasteiger partial charge in [0.2, 0.25) is 0 Å². The molecule has 0 aromatic carbocycles. The second-order valence-corrected chi connectivity index (χ2v) is 5.74. The van der Waals surface area contributed by atoms with Crippen molar-refractivity contribution < 1.29 is 0 Å². The Kier molecular flexibility index (Phi) is 3.35. The van der Waals surface area contributed by atoms with Gasteiger partial charge in [0.1, 0.15) is 11.4 Å². The van der Waals surface area contributed by atoms with Crippen molar-refractivity contribution in [2.24, 2.45) is 14.1 Å². The molecule has 0 saturated heterocycles. The van der Waals surface area contributed by atoms with Gasteiger partial charge in [-0.05, 0) is 39.8 Å². The summed E-state index contributed by atoms with van der Waals surface area (Å²) in [5.41, 5.74) is 6.13. The largest absolute Gasteiger partial charge is 0.330 e. The van der Waals surface area contributed by atoms with E-state index in [1.54, 1.807) is 0 Å². The van der Waals surface area contributed by atoms with Crippen molar-refractivity contribution in [3.05, 3.63) is 41.0 Å². The molecule has 0 bridgehead atoms. The summed E-state index contributed by atoms with van der Waals surface area (Å²) in [6.45, 7) is 8.19. The first-order chi connectivity index (χ1) is 10.4. The summed E-state index contributed by atoms with van der Waals surface area (Å²) < 4.78 is 4.16. The molecule has 3 rings (SSSR count). The highest BCUT2D eigenvalue weighted by molar-refractivity contribution is 5.59. The highest BCUT2D eigenvalue weighted by atomic mass is 15.1. The van der Waals surface area contributed by atoms with Crippen LogP contribution in [0.4, 0.5) is 0 Å². The normalized spacial score (nSPS) is 11.2. The first kappa shape index (κ1) is 14.5. The van der Waals surface area contributed by atoms with Crippen LogP contribution >= 0.6 is 0 Å². The van der Waals surface area contributed by atoms with Crippen LogP contribution in [0.25, 0.3) is 23.0 Å². The predicted octanol–water partition coefficient (Wildman–Crippen LogP) is 3.12. The third kappa shape index (κ3) is 2.13. The number of aryl methyl sites for hydroxylation is 2. The van der Waals surface area contributed by atoms with Crippen molar-refractivity contribution in [1.82, 2.24) is 24.1 Å². The van der Waals surface area contributed by atoms with E-state index in [4.69, 9.17) is 4.98 Å². The molecule has 0 amide bonds. The van der Waals surface area contributed by atoms with Crippen LogP contribution in [0, 0.1) is 27.7 Å². The van der Waals surface area contributed by atoms with Gasteiger partial charge in [-0.15, -0.1) is 0 Å². The summed E-state index contributed by atoms with van der Waals surface area (Å²) in [6, 6.07) is 6.00. The average molecular weight is 295 g/mol. The Labute approximate surface area is 130 Å². The number of hydrogen-bond donors (Lipinski definition) is 0. The lowest BCUT2D eigenvalue weighted by Gasteiger charge is -2.06. The zero-order valence-electron chi connectivity index (χ0n) is 14.0. The minimum absolute atomic E-state index is 0.870. The molecule has 5 heteroatoms. The van der Waals surface area contributed by atoms with Crippen LogP contribution in [0.5, 0.6) is 0 Å². The van der Waals surface area contributed by atoms with Crippen LogP contribution < -0.4 is 0 Å². The number of imidazole rings is 2. The van der Waals surface area contributed by atoms with Gasteiger partial charge in [-0.3, -0.25) is 0 Å². The quantitative estimate of drug-likeness (QED) is 0.730. The van der Waals surface area contributed by atoms with Crippen LogP contribution in [-0.4, -0.2) is 24.1 Å². The van der Waals surface area contributed by atoms with Crippen LogP contribution in [0.1, 0.15) is 22.8 Å². The maximum atomic E-state index is 4.78. The highest BCUT2D eigenvalue weighted by Crippen LogP contribution is 2.24. The van der Waals surface area contributed by atoms with E-state index in [1.807, 2.05) is 46.1 Å². The molecule has 5 nitrogen and oxygen atoms in total. The molecular weight excluding hydrogens is 274 g/mol. The maximum Gasteiger partial charge on any atom is 0.158 e. The molecule has 0 aliphatic carbocycles. The second-order valence-electron chi connectivity index (χ2n) is 5.74. The van der Waals surface area contributed by atoms with Gasteiger partial charge in [0.05, 0.1) is 11.4 Å². The maximum absolute atomic E-state index is 4.78. The van der Waals surface area contributed by atoms with E-state index < -0.39 is 0 Å². The summed E-state index contributed by atoms with van der Waals surface area (Å²) in [4.78, 5) is 14.0. The molecule has 3 aromatic heterocycles. The van der Waals surface area contributed by atoms with Crippen LogP contribution in [0.2, 0.25) is 0 Å². The first-order valence-corrected chi connectivity index (χ1v) is 7.37. The highest BCUT2D eigenvalue weighted by Gasteiger charge is 2.15. The summed E-state index contributed by atoms with van der Waals surface area (Å²) >= 11 is 0.